The number of nitrogens with zero attached hydrogens (tertiary/aromatic N) is 1. The van der Waals surface area contributed by atoms with Crippen LogP contribution in [0, 0.1) is 0 Å². The first kappa shape index (κ1) is 38.7. The normalized spacial score (nSPS) is 11.6. The molecule has 0 bridgehead atoms. The molecule has 67 heavy (non-hydrogen) atoms. The van der Waals surface area contributed by atoms with Crippen LogP contribution in [0.1, 0.15) is 0 Å². The summed E-state index contributed by atoms with van der Waals surface area (Å²) < 4.78 is 0. The Bertz CT molecular complexity index is 4010. The molecule has 0 radical (unpaired) electrons. The zero-order valence-electron chi connectivity index (χ0n) is 36.8. The molecule has 0 aliphatic rings. The molecule has 0 aliphatic heterocycles. The zero-order valence-corrected chi connectivity index (χ0v) is 36.8. The number of benzene rings is 13. The molecule has 0 heterocycles. The summed E-state index contributed by atoms with van der Waals surface area (Å²) in [5, 5.41) is 15.0. The van der Waals surface area contributed by atoms with Crippen molar-refractivity contribution < 1.29 is 0 Å². The van der Waals surface area contributed by atoms with E-state index in [0.29, 0.717) is 0 Å². The van der Waals surface area contributed by atoms with Crippen LogP contribution in [0.25, 0.3) is 109 Å². The van der Waals surface area contributed by atoms with E-state index >= 15 is 0 Å². The van der Waals surface area contributed by atoms with Crippen LogP contribution in [-0.2, 0) is 0 Å². The maximum atomic E-state index is 2.46. The van der Waals surface area contributed by atoms with Gasteiger partial charge in [-0.15, -0.1) is 0 Å². The van der Waals surface area contributed by atoms with Gasteiger partial charge < -0.3 is 4.90 Å². The Labute approximate surface area is 390 Å². The number of hydrogen-bond donors (Lipinski definition) is 0. The minimum atomic E-state index is 1.10. The SMILES string of the molecule is c1ccc(-c2cc(-c3ccccc3)c3c4ccccc4c4cc(-c5cc6ccccc6c6ccccc56)ccc4c3c2-c2ccc(N(c3ccccc3)c3ccc4ccccc4c3)cc2)cc1. The Balaban J connectivity index is 1.11. The zero-order chi connectivity index (χ0) is 44.3. The van der Waals surface area contributed by atoms with Crippen molar-refractivity contribution in [2.75, 3.05) is 4.90 Å². The third-order valence-corrected chi connectivity index (χ3v) is 13.8. The van der Waals surface area contributed by atoms with Crippen LogP contribution in [-0.4, -0.2) is 0 Å². The Morgan fingerprint density at radius 2 is 0.716 bits per heavy atom. The number of hydrogen-bond acceptors (Lipinski definition) is 1. The van der Waals surface area contributed by atoms with Gasteiger partial charge in [0.25, 0.3) is 0 Å². The molecule has 0 spiro atoms. The van der Waals surface area contributed by atoms with Gasteiger partial charge in [0.2, 0.25) is 0 Å². The average Bonchev–Trinajstić information content (AvgIpc) is 3.41. The summed E-state index contributed by atoms with van der Waals surface area (Å²) in [4.78, 5) is 2.37. The quantitative estimate of drug-likeness (QED) is 0.144. The lowest BCUT2D eigenvalue weighted by Gasteiger charge is -2.26. The summed E-state index contributed by atoms with van der Waals surface area (Å²) >= 11 is 0. The van der Waals surface area contributed by atoms with E-state index in [4.69, 9.17) is 0 Å². The molecule has 0 aromatic heterocycles. The molecule has 0 fully saturated rings. The topological polar surface area (TPSA) is 3.24 Å². The lowest BCUT2D eigenvalue weighted by molar-refractivity contribution is 1.29. The summed E-state index contributed by atoms with van der Waals surface area (Å²) in [5.74, 6) is 0. The standard InChI is InChI=1S/C66H43N/c1-4-19-45(20-5-1)61-43-62(46-21-6-2-7-22-46)65-58-31-17-16-30-57(58)63-42-50(60-41-49-24-12-13-27-54(49)55-28-14-15-29-56(55)60)35-39-59(63)66(65)64(61)47-33-36-52(37-34-47)67(51-25-8-3-9-26-51)53-38-32-44-18-10-11-23-48(44)40-53/h1-43H. The smallest absolute Gasteiger partial charge is 0.0468 e. The van der Waals surface area contributed by atoms with Crippen LogP contribution in [0.2, 0.25) is 0 Å². The molecule has 0 saturated carbocycles. The highest BCUT2D eigenvalue weighted by molar-refractivity contribution is 6.33. The highest BCUT2D eigenvalue weighted by Gasteiger charge is 2.23. The van der Waals surface area contributed by atoms with E-state index in [0.717, 1.165) is 17.1 Å². The first-order valence-corrected chi connectivity index (χ1v) is 23.2. The minimum absolute atomic E-state index is 1.10. The highest BCUT2D eigenvalue weighted by Crippen LogP contribution is 2.50. The van der Waals surface area contributed by atoms with Gasteiger partial charge in [0.05, 0.1) is 0 Å². The van der Waals surface area contributed by atoms with E-state index in [1.165, 1.54) is 109 Å². The van der Waals surface area contributed by atoms with Crippen molar-refractivity contribution in [3.8, 4) is 44.5 Å². The van der Waals surface area contributed by atoms with Crippen LogP contribution < -0.4 is 4.90 Å². The molecule has 0 atom stereocenters. The van der Waals surface area contributed by atoms with Crippen LogP contribution in [0.5, 0.6) is 0 Å². The van der Waals surface area contributed by atoms with Gasteiger partial charge in [-0.2, -0.15) is 0 Å². The minimum Gasteiger partial charge on any atom is -0.310 e. The molecular formula is C66H43N. The highest BCUT2D eigenvalue weighted by atomic mass is 15.1. The van der Waals surface area contributed by atoms with E-state index < -0.39 is 0 Å². The van der Waals surface area contributed by atoms with Crippen molar-refractivity contribution >= 4 is 81.7 Å². The van der Waals surface area contributed by atoms with E-state index in [9.17, 15) is 0 Å². The third kappa shape index (κ3) is 6.55. The Morgan fingerprint density at radius 3 is 1.43 bits per heavy atom. The summed E-state index contributed by atoms with van der Waals surface area (Å²) in [7, 11) is 0. The number of rotatable bonds is 7. The largest absolute Gasteiger partial charge is 0.310 e. The number of para-hydroxylation sites is 1. The average molecular weight is 850 g/mol. The number of anilines is 3. The van der Waals surface area contributed by atoms with Gasteiger partial charge in [0, 0.05) is 17.1 Å². The molecule has 0 aliphatic carbocycles. The molecule has 0 unspecified atom stereocenters. The van der Waals surface area contributed by atoms with E-state index in [1.807, 2.05) is 0 Å². The van der Waals surface area contributed by atoms with Gasteiger partial charge in [-0.3, -0.25) is 0 Å². The predicted molar refractivity (Wildman–Crippen MR) is 288 cm³/mol. The van der Waals surface area contributed by atoms with E-state index in [2.05, 4.69) is 266 Å². The lowest BCUT2D eigenvalue weighted by atomic mass is 9.81. The predicted octanol–water partition coefficient (Wildman–Crippen LogP) is 18.7. The monoisotopic (exact) mass is 849 g/mol. The van der Waals surface area contributed by atoms with Crippen LogP contribution in [0.15, 0.2) is 261 Å². The van der Waals surface area contributed by atoms with Crippen molar-refractivity contribution in [3.63, 3.8) is 0 Å². The van der Waals surface area contributed by atoms with Crippen LogP contribution in [0.4, 0.5) is 17.1 Å². The maximum absolute atomic E-state index is 2.46. The second-order valence-electron chi connectivity index (χ2n) is 17.6. The second kappa shape index (κ2) is 16.0. The third-order valence-electron chi connectivity index (χ3n) is 13.8. The van der Waals surface area contributed by atoms with Crippen molar-refractivity contribution in [1.29, 1.82) is 0 Å². The first-order chi connectivity index (χ1) is 33.2. The summed E-state index contributed by atoms with van der Waals surface area (Å²) in [5.41, 5.74) is 13.0. The maximum Gasteiger partial charge on any atom is 0.0468 e. The Kier molecular flexibility index (Phi) is 9.25. The fourth-order valence-electron chi connectivity index (χ4n) is 10.7. The lowest BCUT2D eigenvalue weighted by Crippen LogP contribution is -2.09. The van der Waals surface area contributed by atoms with Gasteiger partial charge in [-0.05, 0) is 164 Å². The summed E-state index contributed by atoms with van der Waals surface area (Å²) in [6.07, 6.45) is 0. The van der Waals surface area contributed by atoms with Crippen molar-refractivity contribution in [3.05, 3.63) is 261 Å². The molecule has 13 rings (SSSR count). The van der Waals surface area contributed by atoms with Crippen LogP contribution in [0.3, 0.4) is 0 Å². The van der Waals surface area contributed by atoms with Crippen molar-refractivity contribution in [2.45, 2.75) is 0 Å². The Morgan fingerprint density at radius 1 is 0.209 bits per heavy atom. The second-order valence-corrected chi connectivity index (χ2v) is 17.6. The van der Waals surface area contributed by atoms with E-state index in [1.54, 1.807) is 0 Å². The fourth-order valence-corrected chi connectivity index (χ4v) is 10.7. The Hall–Kier alpha value is -8.78. The van der Waals surface area contributed by atoms with Crippen molar-refractivity contribution in [2.24, 2.45) is 0 Å². The molecule has 13 aromatic rings. The van der Waals surface area contributed by atoms with Gasteiger partial charge >= 0.3 is 0 Å². The molecule has 13 aromatic carbocycles. The molecule has 1 nitrogen and oxygen atoms in total. The van der Waals surface area contributed by atoms with E-state index in [-0.39, 0.29) is 0 Å². The molecule has 0 saturated heterocycles. The van der Waals surface area contributed by atoms with Gasteiger partial charge in [0.15, 0.2) is 0 Å². The first-order valence-electron chi connectivity index (χ1n) is 23.2. The molecule has 1 heteroatoms. The summed E-state index contributed by atoms with van der Waals surface area (Å²) in [6.45, 7) is 0. The molecule has 312 valence electrons. The summed E-state index contributed by atoms with van der Waals surface area (Å²) in [6, 6.07) is 96.0. The molecular weight excluding hydrogens is 807 g/mol. The van der Waals surface area contributed by atoms with Crippen molar-refractivity contribution in [1.82, 2.24) is 0 Å². The van der Waals surface area contributed by atoms with Gasteiger partial charge in [0.1, 0.15) is 0 Å². The number of fused-ring (bicyclic) bond motifs is 10. The van der Waals surface area contributed by atoms with Gasteiger partial charge in [-0.25, -0.2) is 0 Å². The molecule has 0 amide bonds. The van der Waals surface area contributed by atoms with Gasteiger partial charge in [-0.1, -0.05) is 206 Å². The fraction of sp³-hybridized carbons (Fsp3) is 0. The molecule has 0 N–H and O–H groups in total. The van der Waals surface area contributed by atoms with Crippen LogP contribution >= 0.6 is 0 Å².